The maximum Gasteiger partial charge on any atom is 0.225 e. The van der Waals surface area contributed by atoms with Crippen LogP contribution in [0.5, 0.6) is 0 Å². The van der Waals surface area contributed by atoms with Gasteiger partial charge in [-0.1, -0.05) is 25.7 Å². The molecule has 2 aliphatic rings. The molecule has 0 amide bonds. The summed E-state index contributed by atoms with van der Waals surface area (Å²) in [7, 11) is 0. The number of aryl methyl sites for hydroxylation is 2. The van der Waals surface area contributed by atoms with Crippen molar-refractivity contribution in [1.82, 2.24) is 19.9 Å². The Morgan fingerprint density at radius 1 is 1.03 bits per heavy atom. The van der Waals surface area contributed by atoms with E-state index in [9.17, 15) is 20.4 Å². The second-order valence-corrected chi connectivity index (χ2v) is 12.9. The summed E-state index contributed by atoms with van der Waals surface area (Å²) in [6, 6.07) is 1.92. The number of aromatic nitrogens is 4. The molecule has 2 fully saturated rings. The van der Waals surface area contributed by atoms with Crippen molar-refractivity contribution in [2.75, 3.05) is 17.2 Å². The average molecular weight is 557 g/mol. The summed E-state index contributed by atoms with van der Waals surface area (Å²) in [5.41, 5.74) is -0.806. The van der Waals surface area contributed by atoms with Crippen LogP contribution in [0.1, 0.15) is 76.6 Å². The first-order valence-corrected chi connectivity index (χ1v) is 14.7. The number of pyridine rings is 1. The third-order valence-corrected chi connectivity index (χ3v) is 9.39. The van der Waals surface area contributed by atoms with Crippen LogP contribution >= 0.6 is 11.3 Å². The van der Waals surface area contributed by atoms with Crippen LogP contribution in [0.4, 0.5) is 11.8 Å². The molecule has 2 saturated carbocycles. The fourth-order valence-electron chi connectivity index (χ4n) is 5.99. The zero-order chi connectivity index (χ0) is 28.0. The predicted molar refractivity (Wildman–Crippen MR) is 153 cm³/mol. The molecule has 0 aliphatic heterocycles. The molecular formula is C28H40N6O4S. The topological polar surface area (TPSA) is 157 Å². The number of aliphatic hydroxyl groups is 4. The lowest BCUT2D eigenvalue weighted by atomic mass is 9.87. The van der Waals surface area contributed by atoms with E-state index in [4.69, 9.17) is 15.0 Å². The van der Waals surface area contributed by atoms with Gasteiger partial charge in [0.05, 0.1) is 32.9 Å². The monoisotopic (exact) mass is 556 g/mol. The fourth-order valence-corrected chi connectivity index (χ4v) is 7.10. The minimum Gasteiger partial charge on any atom is -0.390 e. The fraction of sp³-hybridized carbons (Fsp3) is 0.643. The molecule has 39 heavy (non-hydrogen) atoms. The van der Waals surface area contributed by atoms with Crippen LogP contribution in [0, 0.1) is 19.8 Å². The van der Waals surface area contributed by atoms with Gasteiger partial charge in [0.25, 0.3) is 0 Å². The van der Waals surface area contributed by atoms with E-state index in [2.05, 4.69) is 15.6 Å². The zero-order valence-corrected chi connectivity index (χ0v) is 24.0. The van der Waals surface area contributed by atoms with E-state index < -0.39 is 28.9 Å². The normalized spacial score (nSPS) is 25.5. The third-order valence-electron chi connectivity index (χ3n) is 8.35. The number of fused-ring (bicyclic) bond motifs is 1. The summed E-state index contributed by atoms with van der Waals surface area (Å²) in [6.45, 7) is 7.38. The number of thiazole rings is 1. The molecule has 0 aromatic carbocycles. The smallest absolute Gasteiger partial charge is 0.225 e. The van der Waals surface area contributed by atoms with Crippen molar-refractivity contribution in [3.8, 4) is 10.6 Å². The predicted octanol–water partition coefficient (Wildman–Crippen LogP) is 3.90. The van der Waals surface area contributed by atoms with Gasteiger partial charge in [0.1, 0.15) is 22.4 Å². The SMILES string of the molecule is Cc1nc(NCC2(O)CCCCCC2)nc(NC2(O)CCC(C(C)(C)O)C2O)c1-c1nc2c(C)nccc2s1. The standard InChI is InChI=1S/C28H40N6O4S/c1-16-20(24-32-21-17(2)29-14-10-19(21)39-24)23(34-28(38)13-9-18(22(28)35)26(3,4)36)33-25(31-16)30-15-27(37)11-7-5-6-8-12-27/h10,14,18,22,35-38H,5-9,11-13,15H2,1-4H3,(H2,30,31,33,34). The average Bonchev–Trinajstić information content (AvgIpc) is 3.33. The van der Waals surface area contributed by atoms with Gasteiger partial charge in [0, 0.05) is 18.7 Å². The molecule has 3 unspecified atom stereocenters. The van der Waals surface area contributed by atoms with E-state index in [1.807, 2.05) is 19.9 Å². The van der Waals surface area contributed by atoms with E-state index in [0.29, 0.717) is 41.0 Å². The Bertz CT molecular complexity index is 1330. The maximum atomic E-state index is 11.6. The Hall–Kier alpha value is -2.44. The molecule has 6 N–H and O–H groups in total. The minimum atomic E-state index is -1.70. The van der Waals surface area contributed by atoms with Crippen molar-refractivity contribution >= 4 is 33.3 Å². The van der Waals surface area contributed by atoms with Gasteiger partial charge in [-0.25, -0.2) is 9.97 Å². The Morgan fingerprint density at radius 3 is 2.38 bits per heavy atom. The van der Waals surface area contributed by atoms with Gasteiger partial charge in [0.15, 0.2) is 5.72 Å². The molecule has 3 aromatic rings. The first kappa shape index (κ1) is 28.1. The van der Waals surface area contributed by atoms with Gasteiger partial charge in [-0.15, -0.1) is 11.3 Å². The van der Waals surface area contributed by atoms with Crippen LogP contribution < -0.4 is 10.6 Å². The quantitative estimate of drug-likeness (QED) is 0.186. The van der Waals surface area contributed by atoms with Gasteiger partial charge in [-0.05, 0) is 59.4 Å². The van der Waals surface area contributed by atoms with E-state index in [1.165, 1.54) is 11.3 Å². The van der Waals surface area contributed by atoms with Gasteiger partial charge in [-0.2, -0.15) is 4.98 Å². The molecule has 0 radical (unpaired) electrons. The zero-order valence-electron chi connectivity index (χ0n) is 23.2. The Balaban J connectivity index is 1.52. The Morgan fingerprint density at radius 2 is 1.74 bits per heavy atom. The van der Waals surface area contributed by atoms with Crippen LogP contribution in [0.15, 0.2) is 12.3 Å². The highest BCUT2D eigenvalue weighted by Crippen LogP contribution is 2.43. The summed E-state index contributed by atoms with van der Waals surface area (Å²) < 4.78 is 0.974. The summed E-state index contributed by atoms with van der Waals surface area (Å²) in [5, 5.41) is 51.4. The first-order valence-electron chi connectivity index (χ1n) is 13.9. The van der Waals surface area contributed by atoms with E-state index in [-0.39, 0.29) is 6.42 Å². The Labute approximate surface area is 233 Å². The highest BCUT2D eigenvalue weighted by molar-refractivity contribution is 7.21. The van der Waals surface area contributed by atoms with Crippen molar-refractivity contribution in [2.24, 2.45) is 5.92 Å². The molecule has 0 bridgehead atoms. The molecule has 5 rings (SSSR count). The molecule has 3 atom stereocenters. The molecule has 0 spiro atoms. The third kappa shape index (κ3) is 5.74. The van der Waals surface area contributed by atoms with Crippen molar-refractivity contribution in [1.29, 1.82) is 0 Å². The molecule has 11 heteroatoms. The molecule has 212 valence electrons. The summed E-state index contributed by atoms with van der Waals surface area (Å²) in [4.78, 5) is 18.6. The van der Waals surface area contributed by atoms with Crippen LogP contribution in [0.2, 0.25) is 0 Å². The molecule has 3 heterocycles. The first-order chi connectivity index (χ1) is 18.4. The molecule has 0 saturated heterocycles. The van der Waals surface area contributed by atoms with Crippen molar-refractivity contribution in [3.63, 3.8) is 0 Å². The molecule has 10 nitrogen and oxygen atoms in total. The molecule has 2 aliphatic carbocycles. The number of hydrogen-bond donors (Lipinski definition) is 6. The van der Waals surface area contributed by atoms with Gasteiger partial charge in [-0.3, -0.25) is 4.98 Å². The van der Waals surface area contributed by atoms with Gasteiger partial charge < -0.3 is 31.1 Å². The lowest BCUT2D eigenvalue weighted by Gasteiger charge is -2.35. The highest BCUT2D eigenvalue weighted by atomic mass is 32.1. The van der Waals surface area contributed by atoms with Crippen molar-refractivity contribution in [2.45, 2.75) is 102 Å². The van der Waals surface area contributed by atoms with Gasteiger partial charge >= 0.3 is 0 Å². The molecule has 3 aromatic heterocycles. The summed E-state index contributed by atoms with van der Waals surface area (Å²) in [6.07, 6.45) is 6.90. The summed E-state index contributed by atoms with van der Waals surface area (Å²) in [5.74, 6) is 0.144. The number of rotatable bonds is 7. The number of aliphatic hydroxyl groups excluding tert-OH is 1. The maximum absolute atomic E-state index is 11.6. The van der Waals surface area contributed by atoms with Crippen LogP contribution in [0.25, 0.3) is 20.8 Å². The Kier molecular flexibility index (Phi) is 7.58. The lowest BCUT2D eigenvalue weighted by molar-refractivity contribution is -0.0926. The molecular weight excluding hydrogens is 516 g/mol. The number of nitrogens with zero attached hydrogens (tertiary/aromatic N) is 4. The van der Waals surface area contributed by atoms with E-state index in [0.717, 1.165) is 54.4 Å². The number of nitrogens with one attached hydrogen (secondary N) is 2. The van der Waals surface area contributed by atoms with Crippen LogP contribution in [-0.2, 0) is 0 Å². The number of anilines is 2. The highest BCUT2D eigenvalue weighted by Gasteiger charge is 2.52. The second-order valence-electron chi connectivity index (χ2n) is 11.9. The van der Waals surface area contributed by atoms with E-state index in [1.54, 1.807) is 20.0 Å². The van der Waals surface area contributed by atoms with Crippen molar-refractivity contribution in [3.05, 3.63) is 23.7 Å². The number of hydrogen-bond acceptors (Lipinski definition) is 11. The summed E-state index contributed by atoms with van der Waals surface area (Å²) >= 11 is 1.48. The largest absolute Gasteiger partial charge is 0.390 e. The van der Waals surface area contributed by atoms with Crippen molar-refractivity contribution < 1.29 is 20.4 Å². The minimum absolute atomic E-state index is 0.233. The van der Waals surface area contributed by atoms with E-state index >= 15 is 0 Å². The van der Waals surface area contributed by atoms with Crippen LogP contribution in [-0.4, -0.2) is 69.9 Å². The van der Waals surface area contributed by atoms with Gasteiger partial charge in [0.2, 0.25) is 5.95 Å². The lowest BCUT2D eigenvalue weighted by Crippen LogP contribution is -2.51. The van der Waals surface area contributed by atoms with Crippen LogP contribution in [0.3, 0.4) is 0 Å². The second kappa shape index (κ2) is 10.5.